The highest BCUT2D eigenvalue weighted by Crippen LogP contribution is 2.19. The first-order chi connectivity index (χ1) is 51.6. The minimum atomic E-state index is -1.63. The number of quaternary nitrogens is 1. The lowest BCUT2D eigenvalue weighted by Gasteiger charge is -2.26. The van der Waals surface area contributed by atoms with E-state index in [1.54, 1.807) is 0 Å². The lowest BCUT2D eigenvalue weighted by molar-refractivity contribution is -0.870. The SMILES string of the molecule is CC/C=C\C/C=C\C/C=C\C/C=C\C/C=C\C/C=C\C/C=C\C/C=C\C/C=C\C/C=C\CCCCCCCCCCC(=O)OC(COC(=O)CCCCCCCCCCCCCCCCCCCCCCCCCCCCCCC/C=C\C/C=C\CCCCCCC)COC(OCC[N+](C)(C)C)C(=O)[O-]. The van der Waals surface area contributed by atoms with Crippen molar-refractivity contribution in [2.45, 2.75) is 399 Å². The molecule has 602 valence electrons. The number of likely N-dealkylation sites (N-methyl/N-ethyl adjacent to an activating group) is 1. The Kier molecular flexibility index (Phi) is 80.9. The van der Waals surface area contributed by atoms with Gasteiger partial charge in [0.15, 0.2) is 12.4 Å². The van der Waals surface area contributed by atoms with Crippen LogP contribution in [0.1, 0.15) is 386 Å². The predicted molar refractivity (Wildman–Crippen MR) is 453 cm³/mol. The topological polar surface area (TPSA) is 111 Å². The van der Waals surface area contributed by atoms with E-state index >= 15 is 0 Å². The summed E-state index contributed by atoms with van der Waals surface area (Å²) in [5.41, 5.74) is 0. The number of ether oxygens (including phenoxy) is 4. The Morgan fingerprint density at radius 3 is 0.810 bits per heavy atom. The molecule has 105 heavy (non-hydrogen) atoms. The maximum absolute atomic E-state index is 13.0. The lowest BCUT2D eigenvalue weighted by Crippen LogP contribution is -2.44. The monoisotopic (exact) mass is 1460 g/mol. The molecule has 0 aliphatic carbocycles. The van der Waals surface area contributed by atoms with E-state index in [0.29, 0.717) is 17.4 Å². The van der Waals surface area contributed by atoms with Crippen LogP contribution in [0.3, 0.4) is 0 Å². The zero-order chi connectivity index (χ0) is 76.0. The number of aliphatic carboxylic acids is 1. The Morgan fingerprint density at radius 1 is 0.295 bits per heavy atom. The van der Waals surface area contributed by atoms with E-state index in [-0.39, 0.29) is 38.6 Å². The molecule has 0 aromatic heterocycles. The van der Waals surface area contributed by atoms with Crippen LogP contribution in [-0.2, 0) is 33.3 Å². The molecule has 0 heterocycles. The van der Waals surface area contributed by atoms with Crippen molar-refractivity contribution >= 4 is 17.9 Å². The molecule has 0 saturated carbocycles. The van der Waals surface area contributed by atoms with Gasteiger partial charge < -0.3 is 33.3 Å². The van der Waals surface area contributed by atoms with Crippen LogP contribution in [0.5, 0.6) is 0 Å². The second-order valence-electron chi connectivity index (χ2n) is 30.4. The average Bonchev–Trinajstić information content (AvgIpc) is 1.97. The maximum atomic E-state index is 13.0. The molecular formula is C96H165NO8. The number of rotatable bonds is 81. The fourth-order valence-corrected chi connectivity index (χ4v) is 12.4. The van der Waals surface area contributed by atoms with Crippen molar-refractivity contribution in [1.82, 2.24) is 0 Å². The Hall–Kier alpha value is -4.83. The predicted octanol–water partition coefficient (Wildman–Crippen LogP) is 27.6. The Morgan fingerprint density at radius 2 is 0.543 bits per heavy atom. The second kappa shape index (κ2) is 84.8. The molecule has 0 amide bonds. The van der Waals surface area contributed by atoms with Crippen LogP contribution in [0.25, 0.3) is 0 Å². The highest BCUT2D eigenvalue weighted by Gasteiger charge is 2.22. The van der Waals surface area contributed by atoms with Gasteiger partial charge in [-0.3, -0.25) is 9.59 Å². The van der Waals surface area contributed by atoms with Gasteiger partial charge in [0, 0.05) is 12.8 Å². The smallest absolute Gasteiger partial charge is 0.306 e. The van der Waals surface area contributed by atoms with E-state index in [1.807, 2.05) is 21.1 Å². The summed E-state index contributed by atoms with van der Waals surface area (Å²) in [6, 6.07) is 0. The summed E-state index contributed by atoms with van der Waals surface area (Å²) in [4.78, 5) is 37.7. The number of hydrogen-bond acceptors (Lipinski definition) is 8. The van der Waals surface area contributed by atoms with Crippen LogP contribution >= 0.6 is 0 Å². The van der Waals surface area contributed by atoms with Crippen molar-refractivity contribution in [3.05, 3.63) is 146 Å². The quantitative estimate of drug-likeness (QED) is 0.0195. The molecule has 9 nitrogen and oxygen atoms in total. The fraction of sp³-hybridized carbons (Fsp3) is 0.719. The minimum Gasteiger partial charge on any atom is -0.545 e. The van der Waals surface area contributed by atoms with Crippen molar-refractivity contribution in [3.8, 4) is 0 Å². The molecule has 0 aromatic rings. The fourth-order valence-electron chi connectivity index (χ4n) is 12.4. The van der Waals surface area contributed by atoms with Crippen molar-refractivity contribution in [3.63, 3.8) is 0 Å². The summed E-state index contributed by atoms with van der Waals surface area (Å²) in [5, 5.41) is 11.9. The molecule has 0 rings (SSSR count). The zero-order valence-electron chi connectivity index (χ0n) is 69.1. The summed E-state index contributed by atoms with van der Waals surface area (Å²) in [6.45, 7) is 4.65. The van der Waals surface area contributed by atoms with Gasteiger partial charge in [0.25, 0.3) is 0 Å². The molecule has 0 spiro atoms. The van der Waals surface area contributed by atoms with Gasteiger partial charge in [0.1, 0.15) is 13.2 Å². The van der Waals surface area contributed by atoms with Gasteiger partial charge >= 0.3 is 11.9 Å². The highest BCUT2D eigenvalue weighted by atomic mass is 16.7. The van der Waals surface area contributed by atoms with Crippen molar-refractivity contribution < 1.29 is 42.9 Å². The van der Waals surface area contributed by atoms with Crippen molar-refractivity contribution in [2.75, 3.05) is 47.5 Å². The molecule has 0 aromatic carbocycles. The summed E-state index contributed by atoms with van der Waals surface area (Å²) in [6.07, 6.45) is 121. The third kappa shape index (κ3) is 86.3. The minimum absolute atomic E-state index is 0.141. The number of carboxylic acid groups (broad SMARTS) is 1. The third-order valence-electron chi connectivity index (χ3n) is 19.1. The molecule has 2 atom stereocenters. The first-order valence-corrected chi connectivity index (χ1v) is 44.0. The standard InChI is InChI=1S/C96H165NO8/c1-6-8-10-12-14-16-18-20-22-24-26-28-30-32-34-36-38-40-42-44-46-47-49-50-52-54-56-58-60-62-64-66-68-70-72-74-76-78-80-82-84-86-93(98)103-90-92(91-104-96(95(100)101)102-89-88-97(3,4)5)105-94(99)87-85-83-81-79-77-75-73-71-69-67-65-63-61-59-57-55-53-51-48-45-43-41-39-37-35-33-31-29-27-25-23-21-19-17-15-13-11-9-7-2/h9,11,15,17-18,20-21,23-24,26-27,29,33,35,39,41,45,48,53,55,59,61,65,67,92,96H,6-8,10,12-14,16,19,22,25,28,30-32,34,36-38,40,42-44,46-47,49-52,54,56-58,60,62-64,66,68-91H2,1-5H3/b11-9-,17-15-,20-18-,23-21-,26-24-,29-27-,35-33-,41-39-,48-45-,55-53-,61-59-,67-65-. The Balaban J connectivity index is 4.01. The molecule has 0 saturated heterocycles. The largest absolute Gasteiger partial charge is 0.545 e. The molecule has 0 aliphatic rings. The van der Waals surface area contributed by atoms with E-state index in [9.17, 15) is 19.5 Å². The van der Waals surface area contributed by atoms with E-state index in [4.69, 9.17) is 18.9 Å². The molecule has 2 unspecified atom stereocenters. The van der Waals surface area contributed by atoms with Gasteiger partial charge in [-0.25, -0.2) is 0 Å². The highest BCUT2D eigenvalue weighted by molar-refractivity contribution is 5.70. The Labute approximate surface area is 649 Å². The maximum Gasteiger partial charge on any atom is 0.306 e. The van der Waals surface area contributed by atoms with Gasteiger partial charge in [-0.05, 0) is 122 Å². The number of hydrogen-bond donors (Lipinski definition) is 0. The molecule has 9 heteroatoms. The van der Waals surface area contributed by atoms with Crippen LogP contribution < -0.4 is 5.11 Å². The van der Waals surface area contributed by atoms with E-state index in [1.165, 1.54) is 238 Å². The lowest BCUT2D eigenvalue weighted by atomic mass is 10.0. The summed E-state index contributed by atoms with van der Waals surface area (Å²) < 4.78 is 22.9. The molecule has 0 radical (unpaired) electrons. The number of esters is 2. The van der Waals surface area contributed by atoms with E-state index in [2.05, 4.69) is 160 Å². The van der Waals surface area contributed by atoms with E-state index in [0.717, 1.165) is 116 Å². The third-order valence-corrected chi connectivity index (χ3v) is 19.1. The molecule has 0 N–H and O–H groups in total. The van der Waals surface area contributed by atoms with Crippen molar-refractivity contribution in [1.29, 1.82) is 0 Å². The Bertz CT molecular complexity index is 2250. The number of nitrogens with zero attached hydrogens (tertiary/aromatic N) is 1. The number of carboxylic acids is 1. The summed E-state index contributed by atoms with van der Waals surface area (Å²) in [7, 11) is 5.94. The van der Waals surface area contributed by atoms with Gasteiger partial charge in [-0.15, -0.1) is 0 Å². The van der Waals surface area contributed by atoms with Gasteiger partial charge in [0.2, 0.25) is 0 Å². The average molecular weight is 1460 g/mol. The normalized spacial score (nSPS) is 13.3. The van der Waals surface area contributed by atoms with E-state index < -0.39 is 24.3 Å². The van der Waals surface area contributed by atoms with Crippen molar-refractivity contribution in [2.24, 2.45) is 0 Å². The number of carbonyl (C=O) groups excluding carboxylic acids is 3. The second-order valence-corrected chi connectivity index (χ2v) is 30.4. The van der Waals surface area contributed by atoms with Crippen LogP contribution in [0.15, 0.2) is 146 Å². The van der Waals surface area contributed by atoms with Gasteiger partial charge in [0.05, 0.1) is 40.3 Å². The number of unbranched alkanes of at least 4 members (excludes halogenated alkanes) is 42. The first-order valence-electron chi connectivity index (χ1n) is 44.0. The molecule has 0 aliphatic heterocycles. The van der Waals surface area contributed by atoms with Gasteiger partial charge in [-0.1, -0.05) is 397 Å². The van der Waals surface area contributed by atoms with Gasteiger partial charge in [-0.2, -0.15) is 0 Å². The van der Waals surface area contributed by atoms with Crippen LogP contribution in [0.2, 0.25) is 0 Å². The van der Waals surface area contributed by atoms with Crippen LogP contribution in [0.4, 0.5) is 0 Å². The zero-order valence-corrected chi connectivity index (χ0v) is 69.1. The molecule has 0 fully saturated rings. The van der Waals surface area contributed by atoms with Crippen LogP contribution in [0, 0.1) is 0 Å². The number of allylic oxidation sites excluding steroid dienone is 24. The molecule has 0 bridgehead atoms. The first kappa shape index (κ1) is 100. The van der Waals surface area contributed by atoms with Crippen LogP contribution in [-0.4, -0.2) is 82.3 Å². The summed E-state index contributed by atoms with van der Waals surface area (Å²) >= 11 is 0. The molecular weight excluding hydrogens is 1300 g/mol. The number of carbonyl (C=O) groups is 3. The summed E-state index contributed by atoms with van der Waals surface area (Å²) in [5.74, 6) is -2.29.